The molecule has 0 saturated carbocycles. The third kappa shape index (κ3) is 2.99. The van der Waals surface area contributed by atoms with E-state index in [1.165, 1.54) is 26.3 Å². The zero-order chi connectivity index (χ0) is 14.8. The molecule has 0 unspecified atom stereocenters. The summed E-state index contributed by atoms with van der Waals surface area (Å²) in [7, 11) is 6.33. The molecule has 0 amide bonds. The molecule has 3 aromatic rings. The SMILES string of the molecule is CN(C)Cc1ccccc1Sc1cn(C)c2ccccc12. The first-order valence-corrected chi connectivity index (χ1v) is 7.91. The molecule has 0 radical (unpaired) electrons. The van der Waals surface area contributed by atoms with Gasteiger partial charge in [0.25, 0.3) is 0 Å². The second-order valence-electron chi connectivity index (χ2n) is 5.57. The van der Waals surface area contributed by atoms with Gasteiger partial charge in [-0.05, 0) is 31.8 Å². The summed E-state index contributed by atoms with van der Waals surface area (Å²) in [6, 6.07) is 17.2. The van der Waals surface area contributed by atoms with Crippen molar-refractivity contribution in [2.24, 2.45) is 7.05 Å². The van der Waals surface area contributed by atoms with Crippen LogP contribution in [0.4, 0.5) is 0 Å². The Morgan fingerprint density at radius 2 is 1.67 bits per heavy atom. The van der Waals surface area contributed by atoms with Gasteiger partial charge in [-0.15, -0.1) is 0 Å². The van der Waals surface area contributed by atoms with Gasteiger partial charge >= 0.3 is 0 Å². The van der Waals surface area contributed by atoms with E-state index in [4.69, 9.17) is 0 Å². The van der Waals surface area contributed by atoms with Gasteiger partial charge in [0.15, 0.2) is 0 Å². The summed E-state index contributed by atoms with van der Waals surface area (Å²) in [6.45, 7) is 0.966. The van der Waals surface area contributed by atoms with Crippen LogP contribution in [0.5, 0.6) is 0 Å². The maximum Gasteiger partial charge on any atom is 0.0489 e. The van der Waals surface area contributed by atoms with Crippen LogP contribution >= 0.6 is 11.8 Å². The fraction of sp³-hybridized carbons (Fsp3) is 0.222. The maximum atomic E-state index is 2.22. The zero-order valence-electron chi connectivity index (χ0n) is 12.7. The fourth-order valence-electron chi connectivity index (χ4n) is 2.58. The first-order valence-electron chi connectivity index (χ1n) is 7.09. The smallest absolute Gasteiger partial charge is 0.0489 e. The molecule has 0 bridgehead atoms. The van der Waals surface area contributed by atoms with Crippen molar-refractivity contribution in [2.75, 3.05) is 14.1 Å². The van der Waals surface area contributed by atoms with E-state index in [1.54, 1.807) is 0 Å². The van der Waals surface area contributed by atoms with Gasteiger partial charge in [0.05, 0.1) is 0 Å². The summed E-state index contributed by atoms with van der Waals surface area (Å²) in [5.41, 5.74) is 2.66. The molecule has 3 rings (SSSR count). The molecule has 0 N–H and O–H groups in total. The molecule has 21 heavy (non-hydrogen) atoms. The number of fused-ring (bicyclic) bond motifs is 1. The molecule has 0 spiro atoms. The molecule has 0 aliphatic rings. The van der Waals surface area contributed by atoms with Crippen molar-refractivity contribution in [3.63, 3.8) is 0 Å². The largest absolute Gasteiger partial charge is 0.349 e. The summed E-state index contributed by atoms with van der Waals surface area (Å²) in [5, 5.41) is 1.32. The number of para-hydroxylation sites is 1. The number of benzene rings is 2. The average molecular weight is 296 g/mol. The number of aryl methyl sites for hydroxylation is 1. The molecule has 0 fully saturated rings. The van der Waals surface area contributed by atoms with Gasteiger partial charge < -0.3 is 9.47 Å². The molecule has 2 aromatic carbocycles. The van der Waals surface area contributed by atoms with Crippen LogP contribution in [0.25, 0.3) is 10.9 Å². The van der Waals surface area contributed by atoms with Crippen LogP contribution < -0.4 is 0 Å². The van der Waals surface area contributed by atoms with E-state index in [1.807, 2.05) is 11.8 Å². The molecule has 1 heterocycles. The standard InChI is InChI=1S/C18H20N2S/c1-19(2)12-14-8-4-7-11-17(14)21-18-13-20(3)16-10-6-5-9-15(16)18/h4-11,13H,12H2,1-3H3. The van der Waals surface area contributed by atoms with Crippen molar-refractivity contribution in [2.45, 2.75) is 16.3 Å². The molecule has 0 aliphatic heterocycles. The van der Waals surface area contributed by atoms with Crippen LogP contribution in [-0.4, -0.2) is 23.6 Å². The van der Waals surface area contributed by atoms with E-state index < -0.39 is 0 Å². The van der Waals surface area contributed by atoms with E-state index in [0.717, 1.165) is 6.54 Å². The summed E-state index contributed by atoms with van der Waals surface area (Å²) >= 11 is 1.86. The predicted molar refractivity (Wildman–Crippen MR) is 90.9 cm³/mol. The van der Waals surface area contributed by atoms with Crippen molar-refractivity contribution in [3.8, 4) is 0 Å². The Hall–Kier alpha value is -1.71. The normalized spacial score (nSPS) is 11.4. The summed E-state index contributed by atoms with van der Waals surface area (Å²) in [6.07, 6.45) is 2.22. The van der Waals surface area contributed by atoms with E-state index in [-0.39, 0.29) is 0 Å². The number of hydrogen-bond acceptors (Lipinski definition) is 2. The predicted octanol–water partition coefficient (Wildman–Crippen LogP) is 4.39. The monoisotopic (exact) mass is 296 g/mol. The van der Waals surface area contributed by atoms with Gasteiger partial charge in [0.1, 0.15) is 0 Å². The molecule has 108 valence electrons. The topological polar surface area (TPSA) is 8.17 Å². The lowest BCUT2D eigenvalue weighted by molar-refractivity contribution is 0.399. The highest BCUT2D eigenvalue weighted by atomic mass is 32.2. The Bertz CT molecular complexity index is 759. The van der Waals surface area contributed by atoms with Gasteiger partial charge in [0.2, 0.25) is 0 Å². The second-order valence-corrected chi connectivity index (χ2v) is 6.65. The summed E-state index contributed by atoms with van der Waals surface area (Å²) < 4.78 is 2.20. The van der Waals surface area contributed by atoms with Crippen LogP contribution in [-0.2, 0) is 13.6 Å². The Morgan fingerprint density at radius 1 is 0.952 bits per heavy atom. The molecule has 1 aromatic heterocycles. The number of rotatable bonds is 4. The number of nitrogens with zero attached hydrogens (tertiary/aromatic N) is 2. The van der Waals surface area contributed by atoms with Crippen LogP contribution in [0.3, 0.4) is 0 Å². The van der Waals surface area contributed by atoms with Crippen LogP contribution in [0.15, 0.2) is 64.5 Å². The van der Waals surface area contributed by atoms with Crippen LogP contribution in [0.1, 0.15) is 5.56 Å². The number of aromatic nitrogens is 1. The summed E-state index contributed by atoms with van der Waals surface area (Å²) in [5.74, 6) is 0. The lowest BCUT2D eigenvalue weighted by atomic mass is 10.2. The maximum absolute atomic E-state index is 2.22. The third-order valence-electron chi connectivity index (χ3n) is 3.54. The minimum atomic E-state index is 0.966. The quantitative estimate of drug-likeness (QED) is 0.705. The number of hydrogen-bond donors (Lipinski definition) is 0. The highest BCUT2D eigenvalue weighted by molar-refractivity contribution is 7.99. The van der Waals surface area contributed by atoms with E-state index in [0.29, 0.717) is 0 Å². The highest BCUT2D eigenvalue weighted by Gasteiger charge is 2.10. The van der Waals surface area contributed by atoms with Crippen molar-refractivity contribution in [1.82, 2.24) is 9.47 Å². The minimum Gasteiger partial charge on any atom is -0.349 e. The molecular formula is C18H20N2S. The highest BCUT2D eigenvalue weighted by Crippen LogP contribution is 2.36. The van der Waals surface area contributed by atoms with Crippen molar-refractivity contribution >= 4 is 22.7 Å². The minimum absolute atomic E-state index is 0.966. The van der Waals surface area contributed by atoms with Crippen LogP contribution in [0.2, 0.25) is 0 Å². The average Bonchev–Trinajstić information content (AvgIpc) is 2.78. The molecule has 0 saturated heterocycles. The van der Waals surface area contributed by atoms with Gasteiger partial charge in [-0.25, -0.2) is 0 Å². The summed E-state index contributed by atoms with van der Waals surface area (Å²) in [4.78, 5) is 4.87. The Kier molecular flexibility index (Phi) is 4.04. The lowest BCUT2D eigenvalue weighted by Gasteiger charge is -2.13. The van der Waals surface area contributed by atoms with Gasteiger partial charge in [0, 0.05) is 40.5 Å². The van der Waals surface area contributed by atoms with Gasteiger partial charge in [-0.2, -0.15) is 0 Å². The van der Waals surface area contributed by atoms with Gasteiger partial charge in [-0.3, -0.25) is 0 Å². The lowest BCUT2D eigenvalue weighted by Crippen LogP contribution is -2.11. The van der Waals surface area contributed by atoms with Crippen LogP contribution in [0, 0.1) is 0 Å². The third-order valence-corrected chi connectivity index (χ3v) is 4.70. The van der Waals surface area contributed by atoms with Gasteiger partial charge in [-0.1, -0.05) is 48.2 Å². The zero-order valence-corrected chi connectivity index (χ0v) is 13.5. The first kappa shape index (κ1) is 14.2. The first-order chi connectivity index (χ1) is 10.1. The van der Waals surface area contributed by atoms with Crippen molar-refractivity contribution in [3.05, 3.63) is 60.3 Å². The second kappa shape index (κ2) is 5.96. The molecule has 2 nitrogen and oxygen atoms in total. The van der Waals surface area contributed by atoms with E-state index in [2.05, 4.69) is 85.3 Å². The Morgan fingerprint density at radius 3 is 2.48 bits per heavy atom. The molecule has 0 atom stereocenters. The van der Waals surface area contributed by atoms with Crippen molar-refractivity contribution in [1.29, 1.82) is 0 Å². The molecular weight excluding hydrogens is 276 g/mol. The van der Waals surface area contributed by atoms with E-state index in [9.17, 15) is 0 Å². The van der Waals surface area contributed by atoms with E-state index >= 15 is 0 Å². The molecule has 0 aliphatic carbocycles. The molecule has 3 heteroatoms. The van der Waals surface area contributed by atoms with Crippen molar-refractivity contribution < 1.29 is 0 Å². The Labute approximate surface area is 130 Å². The fourth-order valence-corrected chi connectivity index (χ4v) is 3.72. The Balaban J connectivity index is 1.99.